The van der Waals surface area contributed by atoms with Gasteiger partial charge >= 0.3 is 5.97 Å². The van der Waals surface area contributed by atoms with Crippen LogP contribution in [0.3, 0.4) is 0 Å². The fraction of sp³-hybridized carbons (Fsp3) is 0.458. The third-order valence-corrected chi connectivity index (χ3v) is 6.27. The smallest absolute Gasteiger partial charge is 0.320 e. The summed E-state index contributed by atoms with van der Waals surface area (Å²) in [4.78, 5) is 13.9. The van der Waals surface area contributed by atoms with E-state index in [9.17, 15) is 4.79 Å². The second-order valence-corrected chi connectivity index (χ2v) is 8.53. The van der Waals surface area contributed by atoms with Gasteiger partial charge in [-0.05, 0) is 48.6 Å². The minimum Gasteiger partial charge on any atom is -0.493 e. The van der Waals surface area contributed by atoms with Gasteiger partial charge in [0.05, 0.1) is 19.8 Å². The minimum absolute atomic E-state index is 0.120. The summed E-state index contributed by atoms with van der Waals surface area (Å²) in [6.07, 6.45) is 3.13. The van der Waals surface area contributed by atoms with Gasteiger partial charge in [-0.25, -0.2) is 0 Å². The fourth-order valence-corrected chi connectivity index (χ4v) is 5.08. The molecule has 1 saturated heterocycles. The lowest BCUT2D eigenvalue weighted by molar-refractivity contribution is -0.147. The van der Waals surface area contributed by atoms with Gasteiger partial charge in [0.25, 0.3) is 0 Å². The third kappa shape index (κ3) is 3.60. The predicted molar refractivity (Wildman–Crippen MR) is 109 cm³/mol. The maximum Gasteiger partial charge on any atom is 0.320 e. The molecule has 0 N–H and O–H groups in total. The van der Waals surface area contributed by atoms with Crippen LogP contribution >= 0.6 is 0 Å². The third-order valence-electron chi connectivity index (χ3n) is 6.27. The molecule has 2 aromatic rings. The molecule has 5 nitrogen and oxygen atoms in total. The van der Waals surface area contributed by atoms with Crippen LogP contribution in [0.1, 0.15) is 29.2 Å². The molecule has 1 spiro atoms. The Balaban J connectivity index is 1.20. The number of likely N-dealkylation sites (tertiary alicyclic amines) is 1. The van der Waals surface area contributed by atoms with E-state index in [1.807, 2.05) is 6.92 Å². The van der Waals surface area contributed by atoms with E-state index in [0.717, 1.165) is 56.0 Å². The molecule has 2 aromatic carbocycles. The zero-order valence-electron chi connectivity index (χ0n) is 16.9. The first-order valence-corrected chi connectivity index (χ1v) is 10.5. The number of nitrogens with zero attached hydrogens (tertiary/aromatic N) is 1. The Morgan fingerprint density at radius 1 is 1.14 bits per heavy atom. The molecule has 0 atom stereocenters. The average Bonchev–Trinajstić information content (AvgIpc) is 3.30. The molecule has 2 heterocycles. The highest BCUT2D eigenvalue weighted by Gasteiger charge is 2.47. The molecule has 1 fully saturated rings. The van der Waals surface area contributed by atoms with E-state index in [2.05, 4.69) is 41.3 Å². The number of hydrogen-bond donors (Lipinski definition) is 0. The van der Waals surface area contributed by atoms with Crippen LogP contribution in [0.4, 0.5) is 0 Å². The molecule has 0 aromatic heterocycles. The summed E-state index contributed by atoms with van der Waals surface area (Å²) in [6, 6.07) is 12.8. The van der Waals surface area contributed by atoms with Gasteiger partial charge in [-0.3, -0.25) is 9.69 Å². The van der Waals surface area contributed by atoms with Crippen LogP contribution in [0.2, 0.25) is 0 Å². The van der Waals surface area contributed by atoms with E-state index in [4.69, 9.17) is 14.2 Å². The molecular formula is C24H27NO4. The zero-order valence-corrected chi connectivity index (χ0v) is 16.9. The van der Waals surface area contributed by atoms with Crippen molar-refractivity contribution in [1.82, 2.24) is 4.90 Å². The summed E-state index contributed by atoms with van der Waals surface area (Å²) in [6.45, 7) is 5.92. The van der Waals surface area contributed by atoms with Crippen LogP contribution in [0, 0.1) is 5.41 Å². The number of esters is 1. The second-order valence-electron chi connectivity index (χ2n) is 8.53. The van der Waals surface area contributed by atoms with Crippen molar-refractivity contribution in [3.8, 4) is 11.5 Å². The molecule has 0 saturated carbocycles. The van der Waals surface area contributed by atoms with E-state index >= 15 is 0 Å². The van der Waals surface area contributed by atoms with Gasteiger partial charge in [-0.1, -0.05) is 24.3 Å². The molecule has 2 aliphatic heterocycles. The summed E-state index contributed by atoms with van der Waals surface area (Å²) in [5.74, 6) is 1.80. The first kappa shape index (κ1) is 18.5. The minimum atomic E-state index is -0.120. The van der Waals surface area contributed by atoms with Crippen molar-refractivity contribution in [2.45, 2.75) is 32.8 Å². The lowest BCUT2D eigenvalue weighted by Gasteiger charge is -2.47. The van der Waals surface area contributed by atoms with E-state index in [-0.39, 0.29) is 11.4 Å². The van der Waals surface area contributed by atoms with E-state index in [0.29, 0.717) is 19.8 Å². The van der Waals surface area contributed by atoms with Crippen LogP contribution in [-0.2, 0) is 35.4 Å². The summed E-state index contributed by atoms with van der Waals surface area (Å²) in [5.41, 5.74) is 5.47. The molecule has 1 aliphatic carbocycles. The molecule has 152 valence electrons. The number of fused-ring (bicyclic) bond motifs is 2. The van der Waals surface area contributed by atoms with Crippen molar-refractivity contribution in [3.63, 3.8) is 0 Å². The number of ether oxygens (including phenoxy) is 3. The molecule has 3 aliphatic rings. The zero-order chi connectivity index (χ0) is 19.8. The topological polar surface area (TPSA) is 48.0 Å². The SMILES string of the molecule is CCOC(=O)CN1CC2(Cc3ccc(OCc4cccc5c4OCC5)cc3C2)C1. The second kappa shape index (κ2) is 7.38. The monoisotopic (exact) mass is 393 g/mol. The van der Waals surface area contributed by atoms with Crippen LogP contribution < -0.4 is 9.47 Å². The first-order chi connectivity index (χ1) is 14.1. The van der Waals surface area contributed by atoms with Crippen LogP contribution in [-0.4, -0.2) is 43.7 Å². The summed E-state index contributed by atoms with van der Waals surface area (Å²) >= 11 is 0. The molecular weight excluding hydrogens is 366 g/mol. The Hall–Kier alpha value is -2.53. The number of benzene rings is 2. The largest absolute Gasteiger partial charge is 0.493 e. The Morgan fingerprint density at radius 3 is 2.86 bits per heavy atom. The fourth-order valence-electron chi connectivity index (χ4n) is 5.08. The maximum absolute atomic E-state index is 11.7. The van der Waals surface area contributed by atoms with Gasteiger partial charge in [-0.2, -0.15) is 0 Å². The van der Waals surface area contributed by atoms with Gasteiger partial charge in [0.1, 0.15) is 18.1 Å². The van der Waals surface area contributed by atoms with E-state index in [1.165, 1.54) is 16.7 Å². The number of carbonyl (C=O) groups excluding carboxylic acids is 1. The first-order valence-electron chi connectivity index (χ1n) is 10.5. The van der Waals surface area contributed by atoms with Crippen molar-refractivity contribution in [1.29, 1.82) is 0 Å². The van der Waals surface area contributed by atoms with Gasteiger partial charge < -0.3 is 14.2 Å². The summed E-state index contributed by atoms with van der Waals surface area (Å²) < 4.78 is 17.0. The van der Waals surface area contributed by atoms with Crippen molar-refractivity contribution in [3.05, 3.63) is 58.7 Å². The quantitative estimate of drug-likeness (QED) is 0.706. The van der Waals surface area contributed by atoms with Crippen LogP contribution in [0.15, 0.2) is 36.4 Å². The van der Waals surface area contributed by atoms with Gasteiger partial charge in [0.15, 0.2) is 0 Å². The van der Waals surface area contributed by atoms with Crippen molar-refractivity contribution in [2.75, 3.05) is 32.8 Å². The molecule has 5 heteroatoms. The number of carbonyl (C=O) groups is 1. The van der Waals surface area contributed by atoms with Gasteiger partial charge in [-0.15, -0.1) is 0 Å². The molecule has 0 radical (unpaired) electrons. The molecule has 29 heavy (non-hydrogen) atoms. The summed E-state index contributed by atoms with van der Waals surface area (Å²) in [7, 11) is 0. The Morgan fingerprint density at radius 2 is 2.00 bits per heavy atom. The molecule has 0 bridgehead atoms. The molecule has 0 unspecified atom stereocenters. The number of hydrogen-bond acceptors (Lipinski definition) is 5. The van der Waals surface area contributed by atoms with E-state index < -0.39 is 0 Å². The Labute approximate surface area is 171 Å². The van der Waals surface area contributed by atoms with Crippen molar-refractivity contribution >= 4 is 5.97 Å². The maximum atomic E-state index is 11.7. The van der Waals surface area contributed by atoms with Gasteiger partial charge in [0, 0.05) is 30.5 Å². The predicted octanol–water partition coefficient (Wildman–Crippen LogP) is 3.16. The van der Waals surface area contributed by atoms with Gasteiger partial charge in [0.2, 0.25) is 0 Å². The van der Waals surface area contributed by atoms with Crippen molar-refractivity contribution < 1.29 is 19.0 Å². The highest BCUT2D eigenvalue weighted by Crippen LogP contribution is 2.44. The highest BCUT2D eigenvalue weighted by atomic mass is 16.5. The van der Waals surface area contributed by atoms with Crippen LogP contribution in [0.5, 0.6) is 11.5 Å². The summed E-state index contributed by atoms with van der Waals surface area (Å²) in [5, 5.41) is 0. The normalized spacial score (nSPS) is 18.7. The lowest BCUT2D eigenvalue weighted by atomic mass is 9.77. The Bertz CT molecular complexity index is 932. The lowest BCUT2D eigenvalue weighted by Crippen LogP contribution is -2.58. The molecule has 5 rings (SSSR count). The standard InChI is InChI=1S/C24H27NO4/c1-2-27-22(26)13-25-15-24(16-25)11-18-6-7-21(10-20(18)12-24)29-14-19-5-3-4-17-8-9-28-23(17)19/h3-7,10H,2,8-9,11-16H2,1H3. The van der Waals surface area contributed by atoms with Crippen LogP contribution in [0.25, 0.3) is 0 Å². The highest BCUT2D eigenvalue weighted by molar-refractivity contribution is 5.71. The average molecular weight is 393 g/mol. The number of para-hydroxylation sites is 1. The van der Waals surface area contributed by atoms with E-state index in [1.54, 1.807) is 0 Å². The van der Waals surface area contributed by atoms with Crippen molar-refractivity contribution in [2.24, 2.45) is 5.41 Å². The number of rotatable bonds is 6. The molecule has 0 amide bonds. The Kier molecular flexibility index (Phi) is 4.70.